The van der Waals surface area contributed by atoms with Crippen LogP contribution in [0.2, 0.25) is 0 Å². The number of likely N-dealkylation sites (tertiary alicyclic amines) is 1. The van der Waals surface area contributed by atoms with E-state index in [0.717, 1.165) is 58.7 Å². The number of hydrogen-bond acceptors (Lipinski definition) is 3. The van der Waals surface area contributed by atoms with Gasteiger partial charge in [-0.2, -0.15) is 0 Å². The maximum absolute atomic E-state index is 12.8. The van der Waals surface area contributed by atoms with Gasteiger partial charge in [-0.05, 0) is 39.7 Å². The van der Waals surface area contributed by atoms with Gasteiger partial charge in [-0.15, -0.1) is 0 Å². The van der Waals surface area contributed by atoms with Gasteiger partial charge in [0.25, 0.3) is 0 Å². The minimum Gasteiger partial charge on any atom is -0.342 e. The first-order valence-corrected chi connectivity index (χ1v) is 8.28. The number of nitrogens with zero attached hydrogens (tertiary/aromatic N) is 3. The van der Waals surface area contributed by atoms with E-state index in [1.807, 2.05) is 9.80 Å². The maximum Gasteiger partial charge on any atom is 0.237 e. The van der Waals surface area contributed by atoms with Crippen molar-refractivity contribution in [2.75, 3.05) is 45.8 Å². The average Bonchev–Trinajstić information content (AvgIpc) is 2.54. The fraction of sp³-hybridized carbons (Fsp3) is 0.875. The highest BCUT2D eigenvalue weighted by molar-refractivity contribution is 6.04. The molecule has 0 atom stereocenters. The lowest BCUT2D eigenvalue weighted by Gasteiger charge is -2.39. The van der Waals surface area contributed by atoms with Crippen LogP contribution in [0, 0.1) is 5.41 Å². The van der Waals surface area contributed by atoms with Gasteiger partial charge in [0.2, 0.25) is 11.8 Å². The summed E-state index contributed by atoms with van der Waals surface area (Å²) < 4.78 is 0. The van der Waals surface area contributed by atoms with Crippen LogP contribution in [0.15, 0.2) is 0 Å². The Hall–Kier alpha value is -1.10. The molecule has 0 saturated carbocycles. The smallest absolute Gasteiger partial charge is 0.237 e. The Balaban J connectivity index is 1.97. The predicted octanol–water partition coefficient (Wildman–Crippen LogP) is 1.19. The first-order chi connectivity index (χ1) is 9.96. The summed E-state index contributed by atoms with van der Waals surface area (Å²) in [5, 5.41) is 0. The number of hydrogen-bond donors (Lipinski definition) is 0. The molecule has 0 aromatic carbocycles. The monoisotopic (exact) mass is 295 g/mol. The molecule has 5 nitrogen and oxygen atoms in total. The number of amides is 2. The second-order valence-corrected chi connectivity index (χ2v) is 6.70. The highest BCUT2D eigenvalue weighted by Crippen LogP contribution is 2.25. The van der Waals surface area contributed by atoms with E-state index in [1.165, 1.54) is 6.42 Å². The maximum atomic E-state index is 12.8. The fourth-order valence-electron chi connectivity index (χ4n) is 3.25. The van der Waals surface area contributed by atoms with E-state index in [1.54, 1.807) is 13.8 Å². The molecular formula is C16H29N3O2. The van der Waals surface area contributed by atoms with Crippen LogP contribution >= 0.6 is 0 Å². The van der Waals surface area contributed by atoms with E-state index >= 15 is 0 Å². The molecule has 120 valence electrons. The summed E-state index contributed by atoms with van der Waals surface area (Å²) in [6.07, 6.45) is 3.31. The van der Waals surface area contributed by atoms with Crippen LogP contribution in [-0.2, 0) is 9.59 Å². The Kier molecular flexibility index (Phi) is 5.25. The third-order valence-electron chi connectivity index (χ3n) is 4.82. The lowest BCUT2D eigenvalue weighted by atomic mass is 9.88. The Morgan fingerprint density at radius 3 is 1.76 bits per heavy atom. The van der Waals surface area contributed by atoms with Crippen LogP contribution in [0.5, 0.6) is 0 Å². The van der Waals surface area contributed by atoms with Gasteiger partial charge in [0.15, 0.2) is 0 Å². The fourth-order valence-corrected chi connectivity index (χ4v) is 3.25. The largest absolute Gasteiger partial charge is 0.342 e. The Morgan fingerprint density at radius 1 is 0.810 bits per heavy atom. The predicted molar refractivity (Wildman–Crippen MR) is 82.9 cm³/mol. The molecular weight excluding hydrogens is 266 g/mol. The molecule has 0 aromatic heterocycles. The van der Waals surface area contributed by atoms with E-state index in [9.17, 15) is 9.59 Å². The van der Waals surface area contributed by atoms with Crippen LogP contribution < -0.4 is 0 Å². The number of rotatable bonds is 3. The summed E-state index contributed by atoms with van der Waals surface area (Å²) in [7, 11) is 0. The van der Waals surface area contributed by atoms with Crippen molar-refractivity contribution in [3.8, 4) is 0 Å². The number of carbonyl (C=O) groups excluding carboxylic acids is 2. The standard InChI is InChI=1S/C16H29N3O2/c1-4-17-10-12-19(13-11-17)15(21)16(2,3)14(20)18-8-6-5-7-9-18/h4-13H2,1-3H3. The van der Waals surface area contributed by atoms with Crippen molar-refractivity contribution in [1.29, 1.82) is 0 Å². The van der Waals surface area contributed by atoms with Gasteiger partial charge in [0.05, 0.1) is 0 Å². The van der Waals surface area contributed by atoms with Crippen LogP contribution in [-0.4, -0.2) is 72.3 Å². The molecule has 0 radical (unpaired) electrons. The topological polar surface area (TPSA) is 43.9 Å². The molecule has 2 fully saturated rings. The second kappa shape index (κ2) is 6.77. The molecule has 5 heteroatoms. The number of piperazine rings is 1. The van der Waals surface area contributed by atoms with Crippen LogP contribution in [0.3, 0.4) is 0 Å². The molecule has 2 aliphatic rings. The second-order valence-electron chi connectivity index (χ2n) is 6.70. The Labute approximate surface area is 128 Å². The summed E-state index contributed by atoms with van der Waals surface area (Å²) in [4.78, 5) is 31.5. The molecule has 2 amide bonds. The van der Waals surface area contributed by atoms with Gasteiger partial charge < -0.3 is 14.7 Å². The molecule has 0 N–H and O–H groups in total. The Bertz CT molecular complexity index is 381. The van der Waals surface area contributed by atoms with Crippen molar-refractivity contribution in [2.45, 2.75) is 40.0 Å². The first kappa shape index (κ1) is 16.3. The molecule has 2 aliphatic heterocycles. The van der Waals surface area contributed by atoms with Gasteiger partial charge in [-0.3, -0.25) is 9.59 Å². The van der Waals surface area contributed by atoms with Crippen molar-refractivity contribution < 1.29 is 9.59 Å². The van der Waals surface area contributed by atoms with Crippen molar-refractivity contribution >= 4 is 11.8 Å². The third kappa shape index (κ3) is 3.57. The average molecular weight is 295 g/mol. The molecule has 0 spiro atoms. The number of piperidine rings is 1. The third-order valence-corrected chi connectivity index (χ3v) is 4.82. The summed E-state index contributed by atoms with van der Waals surface area (Å²) in [6, 6.07) is 0. The lowest BCUT2D eigenvalue weighted by molar-refractivity contribution is -0.155. The van der Waals surface area contributed by atoms with Gasteiger partial charge >= 0.3 is 0 Å². The van der Waals surface area contributed by atoms with Crippen LogP contribution in [0.1, 0.15) is 40.0 Å². The SMILES string of the molecule is CCN1CCN(C(=O)C(C)(C)C(=O)N2CCCCC2)CC1. The molecule has 0 aliphatic carbocycles. The number of likely N-dealkylation sites (N-methyl/N-ethyl adjacent to an activating group) is 1. The van der Waals surface area contributed by atoms with Crippen molar-refractivity contribution in [3.05, 3.63) is 0 Å². The first-order valence-electron chi connectivity index (χ1n) is 8.28. The number of carbonyl (C=O) groups is 2. The molecule has 2 saturated heterocycles. The molecule has 0 bridgehead atoms. The molecule has 2 rings (SSSR count). The zero-order chi connectivity index (χ0) is 15.5. The lowest BCUT2D eigenvalue weighted by Crippen LogP contribution is -2.56. The summed E-state index contributed by atoms with van der Waals surface area (Å²) in [5.74, 6) is -0.000974. The van der Waals surface area contributed by atoms with E-state index in [4.69, 9.17) is 0 Å². The van der Waals surface area contributed by atoms with Crippen LogP contribution in [0.4, 0.5) is 0 Å². The van der Waals surface area contributed by atoms with E-state index in [-0.39, 0.29) is 11.8 Å². The van der Waals surface area contributed by atoms with Crippen molar-refractivity contribution in [2.24, 2.45) is 5.41 Å². The normalized spacial score (nSPS) is 21.5. The molecule has 2 heterocycles. The summed E-state index contributed by atoms with van der Waals surface area (Å²) in [6.45, 7) is 11.7. The summed E-state index contributed by atoms with van der Waals surface area (Å²) in [5.41, 5.74) is -0.925. The highest BCUT2D eigenvalue weighted by Gasteiger charge is 2.42. The van der Waals surface area contributed by atoms with Crippen molar-refractivity contribution in [1.82, 2.24) is 14.7 Å². The van der Waals surface area contributed by atoms with Crippen molar-refractivity contribution in [3.63, 3.8) is 0 Å². The highest BCUT2D eigenvalue weighted by atomic mass is 16.2. The van der Waals surface area contributed by atoms with E-state index in [0.29, 0.717) is 0 Å². The quantitative estimate of drug-likeness (QED) is 0.735. The zero-order valence-corrected chi connectivity index (χ0v) is 13.7. The van der Waals surface area contributed by atoms with E-state index in [2.05, 4.69) is 11.8 Å². The summed E-state index contributed by atoms with van der Waals surface area (Å²) >= 11 is 0. The van der Waals surface area contributed by atoms with Gasteiger partial charge in [0, 0.05) is 39.3 Å². The van der Waals surface area contributed by atoms with Gasteiger partial charge in [-0.1, -0.05) is 6.92 Å². The van der Waals surface area contributed by atoms with Gasteiger partial charge in [0.1, 0.15) is 5.41 Å². The van der Waals surface area contributed by atoms with E-state index < -0.39 is 5.41 Å². The molecule has 21 heavy (non-hydrogen) atoms. The van der Waals surface area contributed by atoms with Crippen LogP contribution in [0.25, 0.3) is 0 Å². The minimum atomic E-state index is -0.925. The van der Waals surface area contributed by atoms with Gasteiger partial charge in [-0.25, -0.2) is 0 Å². The molecule has 0 unspecified atom stereocenters. The minimum absolute atomic E-state index is 0.00474. The zero-order valence-electron chi connectivity index (χ0n) is 13.7. The molecule has 0 aromatic rings. The Morgan fingerprint density at radius 2 is 1.29 bits per heavy atom.